The maximum Gasteiger partial charge on any atom is 0.289 e. The Morgan fingerprint density at radius 2 is 1.79 bits per heavy atom. The molecule has 1 aromatic heterocycles. The standard InChI is InChI=1S/C22H27N3O4/c1-15(2)23-20(26)14-16-5-7-18(8-6-16)24-21(27)17-9-11-25(12-10-17)22(28)19-4-3-13-29-19/h3-8,13,15,17H,9-12,14H2,1-2H3,(H,23,26)(H,24,27). The minimum Gasteiger partial charge on any atom is -0.459 e. The van der Waals surface area contributed by atoms with E-state index in [0.717, 1.165) is 5.56 Å². The summed E-state index contributed by atoms with van der Waals surface area (Å²) >= 11 is 0. The molecule has 3 amide bonds. The molecule has 154 valence electrons. The number of nitrogens with zero attached hydrogens (tertiary/aromatic N) is 1. The van der Waals surface area contributed by atoms with Gasteiger partial charge in [0, 0.05) is 30.7 Å². The molecule has 2 aromatic rings. The van der Waals surface area contributed by atoms with Gasteiger partial charge in [-0.15, -0.1) is 0 Å². The third kappa shape index (κ3) is 5.70. The molecule has 0 aliphatic carbocycles. The van der Waals surface area contributed by atoms with Gasteiger partial charge >= 0.3 is 0 Å². The zero-order valence-electron chi connectivity index (χ0n) is 16.8. The van der Waals surface area contributed by atoms with E-state index < -0.39 is 0 Å². The first-order valence-corrected chi connectivity index (χ1v) is 9.94. The average Bonchev–Trinajstić information content (AvgIpc) is 3.23. The van der Waals surface area contributed by atoms with Crippen LogP contribution in [0, 0.1) is 5.92 Å². The van der Waals surface area contributed by atoms with Crippen molar-refractivity contribution < 1.29 is 18.8 Å². The van der Waals surface area contributed by atoms with Crippen LogP contribution >= 0.6 is 0 Å². The fraction of sp³-hybridized carbons (Fsp3) is 0.409. The predicted molar refractivity (Wildman–Crippen MR) is 109 cm³/mol. The molecule has 0 saturated carbocycles. The summed E-state index contributed by atoms with van der Waals surface area (Å²) in [4.78, 5) is 38.4. The fourth-order valence-corrected chi connectivity index (χ4v) is 3.41. The highest BCUT2D eigenvalue weighted by molar-refractivity contribution is 5.94. The number of piperidine rings is 1. The van der Waals surface area contributed by atoms with Gasteiger partial charge in [0.05, 0.1) is 12.7 Å². The SMILES string of the molecule is CC(C)NC(=O)Cc1ccc(NC(=O)C2CCN(C(=O)c3ccco3)CC2)cc1. The zero-order valence-corrected chi connectivity index (χ0v) is 16.8. The number of carbonyl (C=O) groups is 3. The van der Waals surface area contributed by atoms with E-state index in [4.69, 9.17) is 4.42 Å². The van der Waals surface area contributed by atoms with Gasteiger partial charge in [0.25, 0.3) is 5.91 Å². The Kier molecular flexibility index (Phi) is 6.69. The molecule has 0 radical (unpaired) electrons. The van der Waals surface area contributed by atoms with E-state index in [1.165, 1.54) is 6.26 Å². The van der Waals surface area contributed by atoms with Crippen LogP contribution in [-0.2, 0) is 16.0 Å². The minimum atomic E-state index is -0.133. The summed E-state index contributed by atoms with van der Waals surface area (Å²) in [6.45, 7) is 4.91. The van der Waals surface area contributed by atoms with Crippen molar-refractivity contribution >= 4 is 23.4 Å². The normalized spacial score (nSPS) is 14.7. The number of likely N-dealkylation sites (tertiary alicyclic amines) is 1. The second-order valence-electron chi connectivity index (χ2n) is 7.63. The van der Waals surface area contributed by atoms with Crippen molar-refractivity contribution in [2.45, 2.75) is 39.2 Å². The van der Waals surface area contributed by atoms with Gasteiger partial charge in [-0.2, -0.15) is 0 Å². The van der Waals surface area contributed by atoms with Crippen LogP contribution in [0.3, 0.4) is 0 Å². The number of rotatable bonds is 6. The summed E-state index contributed by atoms with van der Waals surface area (Å²) in [7, 11) is 0. The third-order valence-corrected chi connectivity index (χ3v) is 4.92. The predicted octanol–water partition coefficient (Wildman–Crippen LogP) is 2.84. The second kappa shape index (κ2) is 9.41. The van der Waals surface area contributed by atoms with Gasteiger partial charge in [0.1, 0.15) is 0 Å². The lowest BCUT2D eigenvalue weighted by Gasteiger charge is -2.30. The topological polar surface area (TPSA) is 91.7 Å². The molecule has 1 saturated heterocycles. The van der Waals surface area contributed by atoms with E-state index in [0.29, 0.717) is 43.8 Å². The van der Waals surface area contributed by atoms with Crippen LogP contribution in [0.2, 0.25) is 0 Å². The van der Waals surface area contributed by atoms with Crippen LogP contribution in [0.15, 0.2) is 47.1 Å². The fourth-order valence-electron chi connectivity index (χ4n) is 3.41. The van der Waals surface area contributed by atoms with Crippen molar-refractivity contribution in [2.24, 2.45) is 5.92 Å². The Hall–Kier alpha value is -3.09. The molecule has 7 heteroatoms. The van der Waals surface area contributed by atoms with Gasteiger partial charge in [-0.3, -0.25) is 14.4 Å². The van der Waals surface area contributed by atoms with E-state index in [-0.39, 0.29) is 29.7 Å². The first-order chi connectivity index (χ1) is 13.9. The largest absolute Gasteiger partial charge is 0.459 e. The quantitative estimate of drug-likeness (QED) is 0.784. The summed E-state index contributed by atoms with van der Waals surface area (Å²) in [6.07, 6.45) is 3.03. The molecule has 0 spiro atoms. The molecule has 1 aliphatic heterocycles. The molecule has 29 heavy (non-hydrogen) atoms. The molecular weight excluding hydrogens is 370 g/mol. The molecule has 1 fully saturated rings. The summed E-state index contributed by atoms with van der Waals surface area (Å²) in [5, 5.41) is 5.79. The number of hydrogen-bond acceptors (Lipinski definition) is 4. The second-order valence-corrected chi connectivity index (χ2v) is 7.63. The molecule has 7 nitrogen and oxygen atoms in total. The van der Waals surface area contributed by atoms with Gasteiger partial charge in [-0.05, 0) is 56.5 Å². The van der Waals surface area contributed by atoms with Gasteiger partial charge in [0.2, 0.25) is 11.8 Å². The number of carbonyl (C=O) groups excluding carboxylic acids is 3. The van der Waals surface area contributed by atoms with Gasteiger partial charge < -0.3 is 20.0 Å². The summed E-state index contributed by atoms with van der Waals surface area (Å²) in [5.74, 6) is 0.00112. The molecular formula is C22H27N3O4. The number of anilines is 1. The zero-order chi connectivity index (χ0) is 20.8. The van der Waals surface area contributed by atoms with Crippen LogP contribution in [0.1, 0.15) is 42.8 Å². The Bertz CT molecular complexity index is 835. The Morgan fingerprint density at radius 3 is 2.38 bits per heavy atom. The van der Waals surface area contributed by atoms with Crippen molar-refractivity contribution in [1.29, 1.82) is 0 Å². The van der Waals surface area contributed by atoms with Crippen molar-refractivity contribution in [3.05, 3.63) is 54.0 Å². The highest BCUT2D eigenvalue weighted by Crippen LogP contribution is 2.21. The van der Waals surface area contributed by atoms with Crippen LogP contribution in [-0.4, -0.2) is 41.8 Å². The Labute approximate surface area is 170 Å². The van der Waals surface area contributed by atoms with E-state index >= 15 is 0 Å². The maximum absolute atomic E-state index is 12.6. The smallest absolute Gasteiger partial charge is 0.289 e. The van der Waals surface area contributed by atoms with E-state index in [2.05, 4.69) is 10.6 Å². The highest BCUT2D eigenvalue weighted by atomic mass is 16.3. The number of benzene rings is 1. The van der Waals surface area contributed by atoms with Gasteiger partial charge in [0.15, 0.2) is 5.76 Å². The number of hydrogen-bond donors (Lipinski definition) is 2. The monoisotopic (exact) mass is 397 g/mol. The lowest BCUT2D eigenvalue weighted by molar-refractivity contribution is -0.121. The van der Waals surface area contributed by atoms with Gasteiger partial charge in [-0.1, -0.05) is 12.1 Å². The molecule has 3 rings (SSSR count). The molecule has 2 heterocycles. The Balaban J connectivity index is 1.47. The van der Waals surface area contributed by atoms with Crippen molar-refractivity contribution in [2.75, 3.05) is 18.4 Å². The number of amides is 3. The Morgan fingerprint density at radius 1 is 1.10 bits per heavy atom. The lowest BCUT2D eigenvalue weighted by Crippen LogP contribution is -2.41. The van der Waals surface area contributed by atoms with Crippen molar-refractivity contribution in [3.8, 4) is 0 Å². The molecule has 2 N–H and O–H groups in total. The minimum absolute atomic E-state index is 0.0207. The van der Waals surface area contributed by atoms with E-state index in [9.17, 15) is 14.4 Å². The number of nitrogens with one attached hydrogen (secondary N) is 2. The van der Waals surface area contributed by atoms with Crippen LogP contribution in [0.4, 0.5) is 5.69 Å². The average molecular weight is 397 g/mol. The molecule has 1 aromatic carbocycles. The van der Waals surface area contributed by atoms with Crippen LogP contribution in [0.25, 0.3) is 0 Å². The summed E-state index contributed by atoms with van der Waals surface area (Å²) < 4.78 is 5.16. The van der Waals surface area contributed by atoms with E-state index in [1.54, 1.807) is 17.0 Å². The molecule has 0 atom stereocenters. The van der Waals surface area contributed by atoms with Crippen LogP contribution in [0.5, 0.6) is 0 Å². The first kappa shape index (κ1) is 20.6. The lowest BCUT2D eigenvalue weighted by atomic mass is 9.95. The molecule has 0 bridgehead atoms. The summed E-state index contributed by atoms with van der Waals surface area (Å²) in [6, 6.07) is 10.8. The highest BCUT2D eigenvalue weighted by Gasteiger charge is 2.28. The van der Waals surface area contributed by atoms with Gasteiger partial charge in [-0.25, -0.2) is 0 Å². The van der Waals surface area contributed by atoms with Crippen molar-refractivity contribution in [1.82, 2.24) is 10.2 Å². The first-order valence-electron chi connectivity index (χ1n) is 9.94. The molecule has 0 unspecified atom stereocenters. The third-order valence-electron chi connectivity index (χ3n) is 4.92. The maximum atomic E-state index is 12.6. The van der Waals surface area contributed by atoms with Crippen molar-refractivity contribution in [3.63, 3.8) is 0 Å². The molecule has 1 aliphatic rings. The van der Waals surface area contributed by atoms with Crippen LogP contribution < -0.4 is 10.6 Å². The van der Waals surface area contributed by atoms with E-state index in [1.807, 2.05) is 38.1 Å². The summed E-state index contributed by atoms with van der Waals surface area (Å²) in [5.41, 5.74) is 1.60. The number of furan rings is 1.